The Morgan fingerprint density at radius 1 is 1.19 bits per heavy atom. The van der Waals surface area contributed by atoms with Gasteiger partial charge >= 0.3 is 6.09 Å². The molecule has 1 heterocycles. The summed E-state index contributed by atoms with van der Waals surface area (Å²) < 4.78 is 6.88. The van der Waals surface area contributed by atoms with E-state index in [0.717, 1.165) is 22.5 Å². The molecule has 0 unspecified atom stereocenters. The molecule has 0 aliphatic rings. The van der Waals surface area contributed by atoms with Crippen LogP contribution >= 0.6 is 11.8 Å². The number of rotatable bonds is 6. The molecule has 1 aromatic heterocycles. The topological polar surface area (TPSA) is 81.9 Å². The van der Waals surface area contributed by atoms with Gasteiger partial charge in [-0.2, -0.15) is 4.68 Å². The third kappa shape index (κ3) is 4.60. The summed E-state index contributed by atoms with van der Waals surface area (Å²) in [5, 5.41) is 15.1. The predicted molar refractivity (Wildman–Crippen MR) is 101 cm³/mol. The predicted octanol–water partition coefficient (Wildman–Crippen LogP) is 3.62. The van der Waals surface area contributed by atoms with Crippen molar-refractivity contribution in [3.05, 3.63) is 59.7 Å². The Hall–Kier alpha value is -2.87. The lowest BCUT2D eigenvalue weighted by molar-refractivity contribution is 0.169. The Morgan fingerprint density at radius 3 is 2.77 bits per heavy atom. The maximum atomic E-state index is 11.9. The maximum Gasteiger partial charge on any atom is 0.411 e. The fourth-order valence-electron chi connectivity index (χ4n) is 2.37. The number of hydrogen-bond acceptors (Lipinski definition) is 6. The summed E-state index contributed by atoms with van der Waals surface area (Å²) in [6.45, 7) is 4.21. The first-order chi connectivity index (χ1) is 12.6. The normalized spacial score (nSPS) is 10.5. The minimum Gasteiger partial charge on any atom is -0.448 e. The number of amides is 1. The smallest absolute Gasteiger partial charge is 0.411 e. The molecule has 7 nitrogen and oxygen atoms in total. The molecule has 0 fully saturated rings. The largest absolute Gasteiger partial charge is 0.448 e. The highest BCUT2D eigenvalue weighted by Crippen LogP contribution is 2.18. The van der Waals surface area contributed by atoms with Gasteiger partial charge in [0.2, 0.25) is 5.16 Å². The van der Waals surface area contributed by atoms with Gasteiger partial charge in [0.25, 0.3) is 0 Å². The number of anilines is 1. The average Bonchev–Trinajstić information content (AvgIpc) is 3.10. The molecule has 3 rings (SSSR count). The zero-order chi connectivity index (χ0) is 18.4. The third-order valence-electron chi connectivity index (χ3n) is 3.61. The summed E-state index contributed by atoms with van der Waals surface area (Å²) in [7, 11) is 0. The van der Waals surface area contributed by atoms with Gasteiger partial charge in [-0.25, -0.2) is 4.79 Å². The van der Waals surface area contributed by atoms with E-state index >= 15 is 0 Å². The molecule has 0 saturated heterocycles. The number of aryl methyl sites for hydroxylation is 2. The number of aromatic nitrogens is 4. The second kappa shape index (κ2) is 8.48. The van der Waals surface area contributed by atoms with Crippen molar-refractivity contribution in [1.29, 1.82) is 0 Å². The molecule has 1 amide bonds. The Morgan fingerprint density at radius 2 is 2.00 bits per heavy atom. The van der Waals surface area contributed by atoms with Crippen LogP contribution < -0.4 is 5.32 Å². The van der Waals surface area contributed by atoms with E-state index in [0.29, 0.717) is 10.9 Å². The molecule has 0 saturated carbocycles. The first kappa shape index (κ1) is 17.9. The highest BCUT2D eigenvalue weighted by molar-refractivity contribution is 7.99. The molecule has 3 aromatic rings. The number of para-hydroxylation sites is 1. The van der Waals surface area contributed by atoms with E-state index in [1.54, 1.807) is 4.68 Å². The molecule has 134 valence electrons. The SMILES string of the molecule is Cc1ccc(NC(=O)OCCSc2nnnn2-c2ccccc2)c(C)c1. The molecule has 8 heteroatoms. The van der Waals surface area contributed by atoms with Crippen LogP contribution in [0.2, 0.25) is 0 Å². The number of nitrogens with one attached hydrogen (secondary N) is 1. The van der Waals surface area contributed by atoms with Gasteiger partial charge < -0.3 is 4.74 Å². The van der Waals surface area contributed by atoms with Crippen LogP contribution in [0.25, 0.3) is 5.69 Å². The number of benzene rings is 2. The van der Waals surface area contributed by atoms with Gasteiger partial charge in [-0.1, -0.05) is 47.7 Å². The van der Waals surface area contributed by atoms with Crippen molar-refractivity contribution >= 4 is 23.5 Å². The minimum absolute atomic E-state index is 0.253. The summed E-state index contributed by atoms with van der Waals surface area (Å²) >= 11 is 1.42. The fourth-order valence-corrected chi connectivity index (χ4v) is 3.08. The van der Waals surface area contributed by atoms with Crippen molar-refractivity contribution in [3.63, 3.8) is 0 Å². The number of hydrogen-bond donors (Lipinski definition) is 1. The highest BCUT2D eigenvalue weighted by atomic mass is 32.2. The van der Waals surface area contributed by atoms with E-state index in [4.69, 9.17) is 4.74 Å². The summed E-state index contributed by atoms with van der Waals surface area (Å²) in [6, 6.07) is 15.5. The van der Waals surface area contributed by atoms with E-state index in [9.17, 15) is 4.79 Å². The first-order valence-corrected chi connectivity index (χ1v) is 9.09. The monoisotopic (exact) mass is 369 g/mol. The lowest BCUT2D eigenvalue weighted by Gasteiger charge is -2.09. The van der Waals surface area contributed by atoms with Gasteiger partial charge in [-0.15, -0.1) is 5.10 Å². The number of carbonyl (C=O) groups excluding carboxylic acids is 1. The molecule has 0 aliphatic carbocycles. The molecule has 0 bridgehead atoms. The Kier molecular flexibility index (Phi) is 5.85. The third-order valence-corrected chi connectivity index (χ3v) is 4.49. The summed E-state index contributed by atoms with van der Waals surface area (Å²) in [5.74, 6) is 0.549. The standard InChI is InChI=1S/C18H19N5O2S/c1-13-8-9-16(14(2)12-13)19-18(24)25-10-11-26-17-20-21-22-23(17)15-6-4-3-5-7-15/h3-9,12H,10-11H2,1-2H3,(H,19,24). The molecular weight excluding hydrogens is 350 g/mol. The van der Waals surface area contributed by atoms with Gasteiger partial charge in [-0.05, 0) is 48.0 Å². The van der Waals surface area contributed by atoms with Gasteiger partial charge in [-0.3, -0.25) is 5.32 Å². The van der Waals surface area contributed by atoms with Crippen molar-refractivity contribution in [1.82, 2.24) is 20.2 Å². The number of thioether (sulfide) groups is 1. The van der Waals surface area contributed by atoms with Gasteiger partial charge in [0.05, 0.1) is 5.69 Å². The van der Waals surface area contributed by atoms with E-state index in [1.165, 1.54) is 11.8 Å². The van der Waals surface area contributed by atoms with Crippen LogP contribution in [0.4, 0.5) is 10.5 Å². The van der Waals surface area contributed by atoms with E-state index < -0.39 is 6.09 Å². The van der Waals surface area contributed by atoms with E-state index in [2.05, 4.69) is 20.8 Å². The molecule has 2 aromatic carbocycles. The van der Waals surface area contributed by atoms with Crippen LogP contribution in [0.3, 0.4) is 0 Å². The van der Waals surface area contributed by atoms with Crippen molar-refractivity contribution in [2.45, 2.75) is 19.0 Å². The Labute approximate surface area is 155 Å². The van der Waals surface area contributed by atoms with Crippen molar-refractivity contribution in [3.8, 4) is 5.69 Å². The van der Waals surface area contributed by atoms with Crippen LogP contribution in [-0.2, 0) is 4.74 Å². The molecule has 1 N–H and O–H groups in total. The fraction of sp³-hybridized carbons (Fsp3) is 0.222. The molecule has 0 atom stereocenters. The van der Waals surface area contributed by atoms with E-state index in [1.807, 2.05) is 62.4 Å². The van der Waals surface area contributed by atoms with Crippen LogP contribution in [0.5, 0.6) is 0 Å². The Bertz CT molecular complexity index is 882. The second-order valence-corrected chi connectivity index (χ2v) is 6.70. The van der Waals surface area contributed by atoms with Crippen LogP contribution in [0.1, 0.15) is 11.1 Å². The van der Waals surface area contributed by atoms with Crippen LogP contribution in [0.15, 0.2) is 53.7 Å². The van der Waals surface area contributed by atoms with Gasteiger partial charge in [0.1, 0.15) is 6.61 Å². The Balaban J connectivity index is 1.47. The zero-order valence-corrected chi connectivity index (χ0v) is 15.4. The van der Waals surface area contributed by atoms with Crippen molar-refractivity contribution in [2.24, 2.45) is 0 Å². The summed E-state index contributed by atoms with van der Waals surface area (Å²) in [6.07, 6.45) is -0.472. The quantitative estimate of drug-likeness (QED) is 0.528. The second-order valence-electron chi connectivity index (χ2n) is 5.64. The number of tetrazole rings is 1. The first-order valence-electron chi connectivity index (χ1n) is 8.11. The lowest BCUT2D eigenvalue weighted by atomic mass is 10.1. The molecule has 0 spiro atoms. The number of ether oxygens (including phenoxy) is 1. The average molecular weight is 369 g/mol. The van der Waals surface area contributed by atoms with Crippen LogP contribution in [-0.4, -0.2) is 38.7 Å². The van der Waals surface area contributed by atoms with Crippen LogP contribution in [0, 0.1) is 13.8 Å². The maximum absolute atomic E-state index is 11.9. The molecule has 0 aliphatic heterocycles. The number of carbonyl (C=O) groups is 1. The number of nitrogens with zero attached hydrogens (tertiary/aromatic N) is 4. The van der Waals surface area contributed by atoms with Gasteiger partial charge in [0, 0.05) is 11.4 Å². The summed E-state index contributed by atoms with van der Waals surface area (Å²) in [4.78, 5) is 11.9. The van der Waals surface area contributed by atoms with E-state index in [-0.39, 0.29) is 6.61 Å². The van der Waals surface area contributed by atoms with Crippen molar-refractivity contribution in [2.75, 3.05) is 17.7 Å². The zero-order valence-electron chi connectivity index (χ0n) is 14.5. The van der Waals surface area contributed by atoms with Crippen molar-refractivity contribution < 1.29 is 9.53 Å². The molecular formula is C18H19N5O2S. The summed E-state index contributed by atoms with van der Waals surface area (Å²) in [5.41, 5.74) is 3.78. The molecule has 0 radical (unpaired) electrons. The minimum atomic E-state index is -0.472. The van der Waals surface area contributed by atoms with Gasteiger partial charge in [0.15, 0.2) is 0 Å². The lowest BCUT2D eigenvalue weighted by Crippen LogP contribution is -2.16. The molecule has 26 heavy (non-hydrogen) atoms. The highest BCUT2D eigenvalue weighted by Gasteiger charge is 2.10.